The van der Waals surface area contributed by atoms with Gasteiger partial charge in [0.1, 0.15) is 0 Å². The normalized spacial score (nSPS) is 24.0. The lowest BCUT2D eigenvalue weighted by Crippen LogP contribution is -1.99. The molecule has 1 heteroatoms. The Balaban J connectivity index is 3.01. The first-order chi connectivity index (χ1) is 8.25. The van der Waals surface area contributed by atoms with Gasteiger partial charge in [-0.2, -0.15) is 0 Å². The Bertz CT molecular complexity index is 465. The maximum absolute atomic E-state index is 7.83. The summed E-state index contributed by atoms with van der Waals surface area (Å²) in [6, 6.07) is -0.881. The van der Waals surface area contributed by atoms with E-state index in [2.05, 4.69) is 6.58 Å². The maximum Gasteiger partial charge on any atom is 0.0645 e. The zero-order chi connectivity index (χ0) is 13.9. The molecule has 1 aliphatic carbocycles. The Morgan fingerprint density at radius 2 is 2.62 bits per heavy atom. The third-order valence-electron chi connectivity index (χ3n) is 1.67. The van der Waals surface area contributed by atoms with Crippen LogP contribution in [0.3, 0.4) is 0 Å². The molecule has 1 N–H and O–H groups in total. The molecule has 0 amide bonds. The Labute approximate surface area is 86.7 Å². The molecule has 0 aliphatic heterocycles. The lowest BCUT2D eigenvalue weighted by Gasteiger charge is -2.06. The summed E-state index contributed by atoms with van der Waals surface area (Å²) in [7, 11) is 0. The van der Waals surface area contributed by atoms with Crippen molar-refractivity contribution in [2.24, 2.45) is 0 Å². The highest BCUT2D eigenvalue weighted by atomic mass is 14.4. The fourth-order valence-electron chi connectivity index (χ4n) is 1.03. The Kier molecular flexibility index (Phi) is 1.68. The van der Waals surface area contributed by atoms with E-state index in [1.807, 2.05) is 6.08 Å². The molecule has 68 valence electrons. The van der Waals surface area contributed by atoms with Gasteiger partial charge in [0.15, 0.2) is 0 Å². The molecule has 1 aliphatic rings. The summed E-state index contributed by atoms with van der Waals surface area (Å²) in [4.78, 5) is 0. The molecule has 0 fully saturated rings. The van der Waals surface area contributed by atoms with Crippen LogP contribution in [0.15, 0.2) is 48.1 Å². The van der Waals surface area contributed by atoms with Crippen LogP contribution in [0.4, 0.5) is 0 Å². The molecule has 0 saturated carbocycles. The molecule has 13 heavy (non-hydrogen) atoms. The monoisotopic (exact) mass is 178 g/mol. The summed E-state index contributed by atoms with van der Waals surface area (Å²) in [6.45, 7) is 0.821. The van der Waals surface area contributed by atoms with Gasteiger partial charge in [0.05, 0.1) is 8.45 Å². The second kappa shape index (κ2) is 4.61. The van der Waals surface area contributed by atoms with Crippen LogP contribution in [0.2, 0.25) is 0 Å². The van der Waals surface area contributed by atoms with Crippen LogP contribution in [0.5, 0.6) is 0 Å². The van der Waals surface area contributed by atoms with Gasteiger partial charge in [-0.1, -0.05) is 36.4 Å². The van der Waals surface area contributed by atoms with Crippen molar-refractivity contribution in [3.63, 3.8) is 0 Å². The van der Waals surface area contributed by atoms with Crippen molar-refractivity contribution < 1.29 is 6.85 Å². The third kappa shape index (κ3) is 3.24. The predicted octanol–water partition coefficient (Wildman–Crippen LogP) is 3.41. The quantitative estimate of drug-likeness (QED) is 0.506. The van der Waals surface area contributed by atoms with Crippen LogP contribution in [-0.4, -0.2) is 5.71 Å². The molecule has 1 nitrogen and oxygen atoms in total. The fraction of sp³-hybridized carbons (Fsp3) is 0.250. The van der Waals surface area contributed by atoms with E-state index in [4.69, 9.17) is 12.3 Å². The summed E-state index contributed by atoms with van der Waals surface area (Å²) in [6.07, 6.45) is 6.88. The summed E-state index contributed by atoms with van der Waals surface area (Å²) in [5, 5.41) is 7.83. The van der Waals surface area contributed by atoms with Gasteiger partial charge in [0, 0.05) is 4.11 Å². The Hall–Kier alpha value is -1.37. The van der Waals surface area contributed by atoms with Gasteiger partial charge in [-0.05, 0) is 31.3 Å². The standard InChI is InChI=1S/C12H15N/c1-10(2)8-9-12(13)11-6-4-3-5-7-11/h3-4,6,8-9,13H,1,5,7H2,2H3/b9-8-,13-12?/i2D3,8D,9D. The first-order valence-corrected chi connectivity index (χ1v) is 4.07. The topological polar surface area (TPSA) is 23.9 Å². The van der Waals surface area contributed by atoms with E-state index in [9.17, 15) is 0 Å². The molecule has 0 aromatic carbocycles. The van der Waals surface area contributed by atoms with E-state index in [1.54, 1.807) is 12.2 Å². The summed E-state index contributed by atoms with van der Waals surface area (Å²) in [5.41, 5.74) is 0.143. The molecular weight excluding hydrogens is 158 g/mol. The number of allylic oxidation sites excluding steroid dienone is 7. The van der Waals surface area contributed by atoms with Crippen LogP contribution in [0.1, 0.15) is 26.5 Å². The largest absolute Gasteiger partial charge is 0.301 e. The van der Waals surface area contributed by atoms with Gasteiger partial charge < -0.3 is 5.41 Å². The molecule has 0 spiro atoms. The van der Waals surface area contributed by atoms with E-state index < -0.39 is 24.5 Å². The average Bonchev–Trinajstić information content (AvgIpc) is 2.35. The van der Waals surface area contributed by atoms with Gasteiger partial charge in [-0.15, -0.1) is 0 Å². The first kappa shape index (κ1) is 4.75. The molecule has 0 radical (unpaired) electrons. The van der Waals surface area contributed by atoms with E-state index in [0.717, 1.165) is 6.42 Å². The molecular formula is C12H15N. The number of hydrogen-bond donors (Lipinski definition) is 1. The van der Waals surface area contributed by atoms with Gasteiger partial charge in [0.25, 0.3) is 0 Å². The second-order valence-electron chi connectivity index (χ2n) is 2.76. The number of nitrogens with one attached hydrogen (secondary N) is 1. The summed E-state index contributed by atoms with van der Waals surface area (Å²) in [5.74, 6) is 0. The zero-order valence-corrected chi connectivity index (χ0v) is 7.35. The van der Waals surface area contributed by atoms with Crippen molar-refractivity contribution in [3.05, 3.63) is 48.1 Å². The highest BCUT2D eigenvalue weighted by Gasteiger charge is 2.02. The van der Waals surface area contributed by atoms with Crippen molar-refractivity contribution in [1.82, 2.24) is 0 Å². The molecule has 0 bridgehead atoms. The van der Waals surface area contributed by atoms with Crippen molar-refractivity contribution in [2.75, 3.05) is 0 Å². The number of rotatable bonds is 3. The molecule has 0 aromatic rings. The minimum Gasteiger partial charge on any atom is -0.301 e. The SMILES string of the molecule is [2H]/C(C(=C)C([2H])([2H])[2H])=C(\[2H])C(=N)C1=CC=CCC1. The molecule has 1 rings (SSSR count). The minimum absolute atomic E-state index is 0.102. The average molecular weight is 178 g/mol. The van der Waals surface area contributed by atoms with Crippen LogP contribution < -0.4 is 0 Å². The van der Waals surface area contributed by atoms with Crippen molar-refractivity contribution in [2.45, 2.75) is 19.7 Å². The van der Waals surface area contributed by atoms with Gasteiger partial charge >= 0.3 is 0 Å². The second-order valence-corrected chi connectivity index (χ2v) is 2.76. The molecule has 0 aromatic heterocycles. The Morgan fingerprint density at radius 3 is 3.23 bits per heavy atom. The highest BCUT2D eigenvalue weighted by Crippen LogP contribution is 2.13. The maximum atomic E-state index is 7.83. The molecule has 0 unspecified atom stereocenters. The lowest BCUT2D eigenvalue weighted by molar-refractivity contribution is 1.00. The van der Waals surface area contributed by atoms with Crippen LogP contribution in [0, 0.1) is 5.41 Å². The highest BCUT2D eigenvalue weighted by molar-refractivity contribution is 6.06. The first-order valence-electron chi connectivity index (χ1n) is 6.57. The zero-order valence-electron chi connectivity index (χ0n) is 12.4. The lowest BCUT2D eigenvalue weighted by atomic mass is 10.00. The van der Waals surface area contributed by atoms with Crippen LogP contribution >= 0.6 is 0 Å². The molecule has 0 heterocycles. The third-order valence-corrected chi connectivity index (χ3v) is 1.67. The van der Waals surface area contributed by atoms with Crippen LogP contribution in [0.25, 0.3) is 0 Å². The summed E-state index contributed by atoms with van der Waals surface area (Å²) < 4.78 is 36.8. The Morgan fingerprint density at radius 1 is 1.77 bits per heavy atom. The minimum atomic E-state index is -2.50. The van der Waals surface area contributed by atoms with Gasteiger partial charge in [-0.25, -0.2) is 0 Å². The fourth-order valence-corrected chi connectivity index (χ4v) is 1.03. The molecule has 0 saturated heterocycles. The predicted molar refractivity (Wildman–Crippen MR) is 58.1 cm³/mol. The van der Waals surface area contributed by atoms with E-state index in [1.165, 1.54) is 0 Å². The van der Waals surface area contributed by atoms with E-state index in [-0.39, 0.29) is 5.71 Å². The van der Waals surface area contributed by atoms with E-state index >= 15 is 0 Å². The van der Waals surface area contributed by atoms with Crippen molar-refractivity contribution in [3.8, 4) is 0 Å². The van der Waals surface area contributed by atoms with Crippen molar-refractivity contribution >= 4 is 5.71 Å². The van der Waals surface area contributed by atoms with Gasteiger partial charge in [-0.3, -0.25) is 0 Å². The number of hydrogen-bond acceptors (Lipinski definition) is 1. The van der Waals surface area contributed by atoms with Crippen LogP contribution in [-0.2, 0) is 0 Å². The molecule has 0 atom stereocenters. The van der Waals surface area contributed by atoms with Crippen molar-refractivity contribution in [1.29, 1.82) is 5.41 Å². The van der Waals surface area contributed by atoms with E-state index in [0.29, 0.717) is 12.0 Å². The summed E-state index contributed by atoms with van der Waals surface area (Å²) >= 11 is 0. The van der Waals surface area contributed by atoms with Gasteiger partial charge in [0.2, 0.25) is 0 Å². The smallest absolute Gasteiger partial charge is 0.0645 e.